The predicted octanol–water partition coefficient (Wildman–Crippen LogP) is -0.990. The zero-order chi connectivity index (χ0) is 4.50. The Balaban J connectivity index is 0. The van der Waals surface area contributed by atoms with Gasteiger partial charge in [0.05, 0.1) is 0 Å². The van der Waals surface area contributed by atoms with Crippen LogP contribution in [0.2, 0.25) is 0 Å². The smallest absolute Gasteiger partial charge is 0.216 e. The molecule has 0 aromatic rings. The first-order valence-corrected chi connectivity index (χ1v) is 2.41. The second kappa shape index (κ2) is 2.47. The van der Waals surface area contributed by atoms with Crippen LogP contribution in [0.5, 0.6) is 0 Å². The maximum absolute atomic E-state index is 9.19. The van der Waals surface area contributed by atoms with Crippen molar-refractivity contribution in [3.63, 3.8) is 0 Å². The Morgan fingerprint density at radius 2 is 1.17 bits per heavy atom. The Bertz CT molecular complexity index is 94.7. The molecular formula is H4N2O2PS. The van der Waals surface area contributed by atoms with Crippen LogP contribution < -0.4 is 10.3 Å². The Labute approximate surface area is 39.7 Å². The molecule has 0 bridgehead atoms. The van der Waals surface area contributed by atoms with E-state index >= 15 is 0 Å². The Morgan fingerprint density at radius 1 is 1.17 bits per heavy atom. The fourth-order valence-corrected chi connectivity index (χ4v) is 0. The largest absolute Gasteiger partial charge is 0.271 e. The maximum Gasteiger partial charge on any atom is 0.271 e. The first-order chi connectivity index (χ1) is 2.00. The fourth-order valence-electron chi connectivity index (χ4n) is 0. The molecule has 0 aromatic carbocycles. The van der Waals surface area contributed by atoms with Crippen LogP contribution in [0.25, 0.3) is 0 Å². The second-order valence-electron chi connectivity index (χ2n) is 0.589. The molecule has 0 rings (SSSR count). The highest BCUT2D eigenvalue weighted by Gasteiger charge is 1.78. The maximum atomic E-state index is 9.19. The van der Waals surface area contributed by atoms with Crippen molar-refractivity contribution in [2.24, 2.45) is 10.3 Å². The van der Waals surface area contributed by atoms with Crippen molar-refractivity contribution in [1.29, 1.82) is 0 Å². The summed E-state index contributed by atoms with van der Waals surface area (Å²) in [5.41, 5.74) is 0. The molecule has 0 unspecified atom stereocenters. The number of hydrogen-bond acceptors (Lipinski definition) is 2. The molecule has 0 fully saturated rings. The molecule has 0 heterocycles. The summed E-state index contributed by atoms with van der Waals surface area (Å²) in [4.78, 5) is 0. The molecule has 6 heavy (non-hydrogen) atoms. The molecule has 0 aliphatic rings. The molecule has 3 radical (unpaired) electrons. The van der Waals surface area contributed by atoms with E-state index in [9.17, 15) is 8.42 Å². The summed E-state index contributed by atoms with van der Waals surface area (Å²) >= 11 is 0. The van der Waals surface area contributed by atoms with Crippen molar-refractivity contribution < 1.29 is 8.42 Å². The van der Waals surface area contributed by atoms with Crippen LogP contribution in [0.1, 0.15) is 0 Å². The minimum atomic E-state index is -3.67. The van der Waals surface area contributed by atoms with Gasteiger partial charge in [0, 0.05) is 9.90 Å². The third kappa shape index (κ3) is 520. The van der Waals surface area contributed by atoms with Crippen molar-refractivity contribution >= 4 is 20.1 Å². The Morgan fingerprint density at radius 3 is 1.17 bits per heavy atom. The zero-order valence-electron chi connectivity index (χ0n) is 2.83. The quantitative estimate of drug-likeness (QED) is 0.409. The highest BCUT2D eigenvalue weighted by atomic mass is 32.2. The van der Waals surface area contributed by atoms with E-state index in [2.05, 4.69) is 10.3 Å². The van der Waals surface area contributed by atoms with E-state index in [0.29, 0.717) is 0 Å². The standard InChI is InChI=1S/H4N2O2S.P/c1-5(2,3)4;/h(H4,1,2,3,4);. The molecule has 0 saturated heterocycles. The van der Waals surface area contributed by atoms with Gasteiger partial charge in [0.15, 0.2) is 0 Å². The lowest BCUT2D eigenvalue weighted by molar-refractivity contribution is 0.599. The average Bonchev–Trinajstić information content (AvgIpc) is 0.722. The summed E-state index contributed by atoms with van der Waals surface area (Å²) in [6, 6.07) is 0. The van der Waals surface area contributed by atoms with Gasteiger partial charge in [0.25, 0.3) is 10.2 Å². The van der Waals surface area contributed by atoms with Crippen LogP contribution in [-0.4, -0.2) is 8.42 Å². The van der Waals surface area contributed by atoms with Crippen LogP contribution >= 0.6 is 9.90 Å². The molecule has 0 aliphatic heterocycles. The van der Waals surface area contributed by atoms with E-state index in [0.717, 1.165) is 0 Å². The lowest BCUT2D eigenvalue weighted by Crippen LogP contribution is -2.21. The van der Waals surface area contributed by atoms with Gasteiger partial charge in [-0.25, -0.2) is 10.3 Å². The van der Waals surface area contributed by atoms with E-state index in [1.54, 1.807) is 0 Å². The van der Waals surface area contributed by atoms with Gasteiger partial charge in [-0.15, -0.1) is 0 Å². The average molecular weight is 127 g/mol. The number of nitrogens with two attached hydrogens (primary N) is 2. The molecule has 0 aliphatic carbocycles. The first-order valence-electron chi connectivity index (χ1n) is 0.805. The first kappa shape index (κ1) is 9.57. The second-order valence-corrected chi connectivity index (χ2v) is 1.77. The highest BCUT2D eigenvalue weighted by molar-refractivity contribution is 7.86. The van der Waals surface area contributed by atoms with Crippen LogP contribution in [0, 0.1) is 0 Å². The summed E-state index contributed by atoms with van der Waals surface area (Å²) in [6.07, 6.45) is 0. The molecule has 0 amide bonds. The minimum absolute atomic E-state index is 0. The van der Waals surface area contributed by atoms with E-state index in [-0.39, 0.29) is 9.90 Å². The van der Waals surface area contributed by atoms with E-state index in [1.165, 1.54) is 0 Å². The van der Waals surface area contributed by atoms with Crippen molar-refractivity contribution in [2.45, 2.75) is 0 Å². The summed E-state index contributed by atoms with van der Waals surface area (Å²) < 4.78 is 18.4. The molecule has 37 valence electrons. The van der Waals surface area contributed by atoms with Gasteiger partial charge >= 0.3 is 0 Å². The summed E-state index contributed by atoms with van der Waals surface area (Å²) in [7, 11) is -3.67. The molecule has 0 aromatic heterocycles. The molecule has 0 atom stereocenters. The van der Waals surface area contributed by atoms with Gasteiger partial charge in [0.1, 0.15) is 0 Å². The van der Waals surface area contributed by atoms with Gasteiger partial charge in [-0.3, -0.25) is 0 Å². The lowest BCUT2D eigenvalue weighted by atomic mass is 13.9. The van der Waals surface area contributed by atoms with Gasteiger partial charge < -0.3 is 0 Å². The molecule has 0 spiro atoms. The van der Waals surface area contributed by atoms with Gasteiger partial charge in [0.2, 0.25) is 0 Å². The molecule has 0 saturated carbocycles. The molecule has 4 N–H and O–H groups in total. The summed E-state index contributed by atoms with van der Waals surface area (Å²) in [5, 5.41) is 8.21. The molecule has 4 nitrogen and oxygen atoms in total. The van der Waals surface area contributed by atoms with Gasteiger partial charge in [-0.2, -0.15) is 8.42 Å². The van der Waals surface area contributed by atoms with Crippen molar-refractivity contribution in [3.05, 3.63) is 0 Å². The Kier molecular flexibility index (Phi) is 3.94. The molecular weight excluding hydrogens is 123 g/mol. The normalized spacial score (nSPS) is 9.67. The topological polar surface area (TPSA) is 86.2 Å². The van der Waals surface area contributed by atoms with E-state index in [1.807, 2.05) is 0 Å². The SMILES string of the molecule is NS(N)(=O)=O.[P]. The van der Waals surface area contributed by atoms with Crippen LogP contribution in [0.3, 0.4) is 0 Å². The van der Waals surface area contributed by atoms with E-state index in [4.69, 9.17) is 0 Å². The number of rotatable bonds is 0. The zero-order valence-corrected chi connectivity index (χ0v) is 4.54. The predicted molar refractivity (Wildman–Crippen MR) is 24.2 cm³/mol. The van der Waals surface area contributed by atoms with Gasteiger partial charge in [-0.1, -0.05) is 0 Å². The summed E-state index contributed by atoms with van der Waals surface area (Å²) in [5.74, 6) is 0. The van der Waals surface area contributed by atoms with Crippen molar-refractivity contribution in [3.8, 4) is 0 Å². The third-order valence-electron chi connectivity index (χ3n) is 0. The van der Waals surface area contributed by atoms with E-state index < -0.39 is 10.2 Å². The Hall–Kier alpha value is 0.300. The third-order valence-corrected chi connectivity index (χ3v) is 0. The van der Waals surface area contributed by atoms with Crippen LogP contribution in [-0.2, 0) is 10.2 Å². The fraction of sp³-hybridized carbons (Fsp3) is 0. The molecule has 6 heteroatoms. The minimum Gasteiger partial charge on any atom is -0.216 e. The van der Waals surface area contributed by atoms with Gasteiger partial charge in [-0.05, 0) is 0 Å². The summed E-state index contributed by atoms with van der Waals surface area (Å²) in [6.45, 7) is 0. The number of hydrogen-bond donors (Lipinski definition) is 2. The van der Waals surface area contributed by atoms with Crippen molar-refractivity contribution in [2.75, 3.05) is 0 Å². The van der Waals surface area contributed by atoms with Crippen LogP contribution in [0.15, 0.2) is 0 Å². The lowest BCUT2D eigenvalue weighted by Gasteiger charge is -1.72. The highest BCUT2D eigenvalue weighted by Crippen LogP contribution is 1.40. The van der Waals surface area contributed by atoms with Crippen LogP contribution in [0.4, 0.5) is 0 Å². The van der Waals surface area contributed by atoms with Crippen molar-refractivity contribution in [1.82, 2.24) is 0 Å². The monoisotopic (exact) mass is 127 g/mol.